The molecule has 0 aliphatic carbocycles. The minimum absolute atomic E-state index is 0.172. The number of anilines is 1. The van der Waals surface area contributed by atoms with Gasteiger partial charge < -0.3 is 39.6 Å². The Bertz CT molecular complexity index is 1700. The van der Waals surface area contributed by atoms with Gasteiger partial charge in [0.2, 0.25) is 0 Å². The molecule has 3 aromatic carbocycles. The number of aliphatic hydroxyl groups excluding tert-OH is 1. The fraction of sp³-hybridized carbons (Fsp3) is 0.343. The number of amides is 2. The van der Waals surface area contributed by atoms with E-state index in [4.69, 9.17) is 42.1 Å². The maximum atomic E-state index is 12.5. The van der Waals surface area contributed by atoms with Gasteiger partial charge in [0.05, 0.1) is 41.6 Å². The molecule has 1 aliphatic rings. The van der Waals surface area contributed by atoms with Crippen LogP contribution < -0.4 is 35.2 Å². The van der Waals surface area contributed by atoms with Crippen molar-refractivity contribution in [3.05, 3.63) is 92.6 Å². The van der Waals surface area contributed by atoms with Crippen molar-refractivity contribution in [3.63, 3.8) is 0 Å². The van der Waals surface area contributed by atoms with Crippen molar-refractivity contribution in [2.75, 3.05) is 38.3 Å². The highest BCUT2D eigenvalue weighted by atomic mass is 35.5. The van der Waals surface area contributed by atoms with Crippen molar-refractivity contribution < 1.29 is 33.6 Å². The highest BCUT2D eigenvalue weighted by Gasteiger charge is 2.32. The number of ether oxygens (including phenoxy) is 4. The molecule has 14 heteroatoms. The number of hydrazone groups is 1. The molecule has 0 radical (unpaired) electrons. The number of halogens is 2. The van der Waals surface area contributed by atoms with Crippen LogP contribution in [0.2, 0.25) is 10.0 Å². The molecule has 0 fully saturated rings. The van der Waals surface area contributed by atoms with Crippen molar-refractivity contribution in [2.45, 2.75) is 46.6 Å². The minimum Gasteiger partial charge on any atom is -0.490 e. The number of benzene rings is 3. The number of nitrogens with one attached hydrogen (secondary N) is 3. The number of hydrogen-bond donors (Lipinski definition) is 4. The Morgan fingerprint density at radius 3 is 2.47 bits per heavy atom. The van der Waals surface area contributed by atoms with E-state index in [1.807, 2.05) is 31.2 Å². The van der Waals surface area contributed by atoms with Crippen LogP contribution in [0.3, 0.4) is 0 Å². The maximum Gasteiger partial charge on any atom is 0.337 e. The van der Waals surface area contributed by atoms with Gasteiger partial charge in [-0.05, 0) is 75.2 Å². The molecule has 0 saturated carbocycles. The van der Waals surface area contributed by atoms with Crippen molar-refractivity contribution in [1.29, 1.82) is 0 Å². The molecule has 0 unspecified atom stereocenters. The molecule has 0 spiro atoms. The lowest BCUT2D eigenvalue weighted by atomic mass is 9.95. The Morgan fingerprint density at radius 2 is 1.78 bits per heavy atom. The van der Waals surface area contributed by atoms with E-state index in [0.717, 1.165) is 24.3 Å². The SMILES string of the molecule is CCOc1cc([C@H]2NC(=O)NC(C)=C2C(=O)OC)ccc1OC[C@H](O)N/N=C/c1ccc(N(CC)CC)cc1OCc1ccc(Cl)c(Cl)c1. The van der Waals surface area contributed by atoms with Crippen LogP contribution >= 0.6 is 23.2 Å². The molecular weight excluding hydrogens is 673 g/mol. The van der Waals surface area contributed by atoms with Gasteiger partial charge in [0, 0.05) is 36.1 Å². The second kappa shape index (κ2) is 17.7. The summed E-state index contributed by atoms with van der Waals surface area (Å²) in [6.07, 6.45) is 0.378. The Labute approximate surface area is 296 Å². The summed E-state index contributed by atoms with van der Waals surface area (Å²) in [5.41, 5.74) is 6.45. The molecule has 3 aromatic rings. The van der Waals surface area contributed by atoms with E-state index in [2.05, 4.69) is 39.9 Å². The zero-order valence-electron chi connectivity index (χ0n) is 28.0. The summed E-state index contributed by atoms with van der Waals surface area (Å²) in [7, 11) is 1.28. The molecule has 49 heavy (non-hydrogen) atoms. The standard InChI is InChI=1S/C35H41Cl2N5O7/c1-6-42(7-2)25-12-10-24(29(17-25)48-19-22-9-13-26(36)27(37)15-22)18-38-41-31(43)20-49-28-14-11-23(16-30(28)47-8-3)33-32(34(44)46-5)21(4)39-35(45)40-33/h9-18,31,33,41,43H,6-8,19-20H2,1-5H3,(H2,39,40,45)/b38-18+/t31-,33+/m0/s1. The van der Waals surface area contributed by atoms with Gasteiger partial charge in [-0.1, -0.05) is 35.3 Å². The Morgan fingerprint density at radius 1 is 1.00 bits per heavy atom. The van der Waals surface area contributed by atoms with E-state index < -0.39 is 24.3 Å². The van der Waals surface area contributed by atoms with Crippen LogP contribution in [0.5, 0.6) is 17.2 Å². The molecule has 4 N–H and O–H groups in total. The van der Waals surface area contributed by atoms with E-state index in [1.165, 1.54) is 7.11 Å². The third-order valence-electron chi connectivity index (χ3n) is 7.60. The molecule has 262 valence electrons. The average molecular weight is 715 g/mol. The largest absolute Gasteiger partial charge is 0.490 e. The maximum absolute atomic E-state index is 12.5. The van der Waals surface area contributed by atoms with Gasteiger partial charge in [0.15, 0.2) is 17.7 Å². The van der Waals surface area contributed by atoms with Gasteiger partial charge in [-0.25, -0.2) is 9.59 Å². The lowest BCUT2D eigenvalue weighted by Gasteiger charge is -2.28. The molecule has 1 heterocycles. The molecule has 1 aliphatic heterocycles. The lowest BCUT2D eigenvalue weighted by Crippen LogP contribution is -2.45. The second-order valence-electron chi connectivity index (χ2n) is 10.8. The summed E-state index contributed by atoms with van der Waals surface area (Å²) in [5.74, 6) is 0.731. The number of hydrogen-bond acceptors (Lipinski definition) is 10. The number of carbonyl (C=O) groups excluding carboxylic acids is 2. The normalized spacial score (nSPS) is 14.9. The number of nitrogens with zero attached hydrogens (tertiary/aromatic N) is 2. The van der Waals surface area contributed by atoms with Crippen molar-refractivity contribution >= 4 is 47.1 Å². The fourth-order valence-electron chi connectivity index (χ4n) is 5.15. The van der Waals surface area contributed by atoms with Crippen LogP contribution in [-0.4, -0.2) is 63.0 Å². The van der Waals surface area contributed by atoms with Crippen LogP contribution in [0.25, 0.3) is 0 Å². The topological polar surface area (TPSA) is 143 Å². The molecule has 0 saturated heterocycles. The van der Waals surface area contributed by atoms with Gasteiger partial charge in [-0.2, -0.15) is 5.10 Å². The number of rotatable bonds is 16. The third kappa shape index (κ3) is 9.71. The molecule has 12 nitrogen and oxygen atoms in total. The molecule has 2 atom stereocenters. The summed E-state index contributed by atoms with van der Waals surface area (Å²) in [6, 6.07) is 15.0. The zero-order valence-corrected chi connectivity index (χ0v) is 29.5. The van der Waals surface area contributed by atoms with Gasteiger partial charge in [0.25, 0.3) is 0 Å². The number of allylic oxidation sites excluding steroid dienone is 1. The third-order valence-corrected chi connectivity index (χ3v) is 8.34. The van der Waals surface area contributed by atoms with Gasteiger partial charge in [-0.3, -0.25) is 5.43 Å². The zero-order chi connectivity index (χ0) is 35.5. The van der Waals surface area contributed by atoms with E-state index >= 15 is 0 Å². The van der Waals surface area contributed by atoms with Crippen molar-refractivity contribution in [1.82, 2.24) is 16.1 Å². The summed E-state index contributed by atoms with van der Waals surface area (Å²) in [5, 5.41) is 21.1. The Hall–Kier alpha value is -4.65. The van der Waals surface area contributed by atoms with Gasteiger partial charge in [-0.15, -0.1) is 0 Å². The smallest absolute Gasteiger partial charge is 0.337 e. The number of aliphatic hydroxyl groups is 1. The van der Waals surface area contributed by atoms with E-state index in [0.29, 0.717) is 50.7 Å². The Balaban J connectivity index is 1.45. The number of urea groups is 1. The molecule has 0 bridgehead atoms. The Kier molecular flexibility index (Phi) is 13.4. The first-order chi connectivity index (χ1) is 23.6. The number of methoxy groups -OCH3 is 1. The second-order valence-corrected chi connectivity index (χ2v) is 11.7. The van der Waals surface area contributed by atoms with E-state index in [-0.39, 0.29) is 18.8 Å². The molecule has 2 amide bonds. The van der Waals surface area contributed by atoms with Crippen molar-refractivity contribution in [2.24, 2.45) is 5.10 Å². The van der Waals surface area contributed by atoms with E-state index in [1.54, 1.807) is 43.5 Å². The summed E-state index contributed by atoms with van der Waals surface area (Å²) in [4.78, 5) is 26.9. The first-order valence-corrected chi connectivity index (χ1v) is 16.5. The van der Waals surface area contributed by atoms with Crippen LogP contribution in [0, 0.1) is 0 Å². The lowest BCUT2D eigenvalue weighted by molar-refractivity contribution is -0.136. The van der Waals surface area contributed by atoms with Crippen LogP contribution in [-0.2, 0) is 16.1 Å². The summed E-state index contributed by atoms with van der Waals surface area (Å²) in [6.45, 7) is 9.68. The quantitative estimate of drug-likeness (QED) is 0.0614. The van der Waals surface area contributed by atoms with Gasteiger partial charge in [0.1, 0.15) is 19.0 Å². The number of carbonyl (C=O) groups is 2. The summed E-state index contributed by atoms with van der Waals surface area (Å²) >= 11 is 12.3. The molecular formula is C35H41Cl2N5O7. The summed E-state index contributed by atoms with van der Waals surface area (Å²) < 4.78 is 22.8. The van der Waals surface area contributed by atoms with Crippen molar-refractivity contribution in [3.8, 4) is 17.2 Å². The monoisotopic (exact) mass is 713 g/mol. The first-order valence-electron chi connectivity index (χ1n) is 15.8. The predicted octanol–water partition coefficient (Wildman–Crippen LogP) is 5.94. The van der Waals surface area contributed by atoms with Gasteiger partial charge >= 0.3 is 12.0 Å². The molecule has 0 aromatic heterocycles. The van der Waals surface area contributed by atoms with E-state index in [9.17, 15) is 14.7 Å². The molecule has 4 rings (SSSR count). The van der Waals surface area contributed by atoms with Crippen LogP contribution in [0.15, 0.2) is 71.0 Å². The van der Waals surface area contributed by atoms with Crippen LogP contribution in [0.1, 0.15) is 50.4 Å². The first kappa shape index (κ1) is 37.2. The average Bonchev–Trinajstić information content (AvgIpc) is 3.09. The minimum atomic E-state index is -1.18. The fourth-order valence-corrected chi connectivity index (χ4v) is 5.47. The number of esters is 1. The predicted molar refractivity (Wildman–Crippen MR) is 190 cm³/mol. The highest BCUT2D eigenvalue weighted by molar-refractivity contribution is 6.42. The highest BCUT2D eigenvalue weighted by Crippen LogP contribution is 2.35. The van der Waals surface area contributed by atoms with Crippen LogP contribution in [0.4, 0.5) is 10.5 Å².